The van der Waals surface area contributed by atoms with Crippen molar-refractivity contribution in [3.05, 3.63) is 34.7 Å². The van der Waals surface area contributed by atoms with Crippen LogP contribution in [0.2, 0.25) is 0 Å². The summed E-state index contributed by atoms with van der Waals surface area (Å²) in [4.78, 5) is 22.3. The zero-order valence-corrected chi connectivity index (χ0v) is 10.1. The van der Waals surface area contributed by atoms with E-state index in [1.165, 1.54) is 6.07 Å². The fourth-order valence-corrected chi connectivity index (χ4v) is 1.59. The van der Waals surface area contributed by atoms with Gasteiger partial charge in [0.2, 0.25) is 0 Å². The van der Waals surface area contributed by atoms with Crippen molar-refractivity contribution < 1.29 is 9.90 Å². The van der Waals surface area contributed by atoms with E-state index in [0.29, 0.717) is 13.1 Å². The van der Waals surface area contributed by atoms with Crippen molar-refractivity contribution in [2.24, 2.45) is 5.92 Å². The van der Waals surface area contributed by atoms with Gasteiger partial charge in [0, 0.05) is 25.4 Å². The van der Waals surface area contributed by atoms with Gasteiger partial charge in [-0.15, -0.1) is 0 Å². The van der Waals surface area contributed by atoms with Crippen LogP contribution in [0.25, 0.3) is 0 Å². The molecule has 0 amide bonds. The molecule has 0 aliphatic rings. The first kappa shape index (κ1) is 13.4. The molecule has 0 radical (unpaired) electrons. The lowest BCUT2D eigenvalue weighted by Crippen LogP contribution is -2.42. The van der Waals surface area contributed by atoms with E-state index in [0.717, 1.165) is 0 Å². The molecule has 0 fully saturated rings. The number of aromatic nitrogens is 1. The Morgan fingerprint density at radius 1 is 1.47 bits per heavy atom. The number of nitrogens with one attached hydrogen (secondary N) is 1. The van der Waals surface area contributed by atoms with E-state index in [1.54, 1.807) is 22.9 Å². The molecule has 0 bridgehead atoms. The summed E-state index contributed by atoms with van der Waals surface area (Å²) in [5.74, 6) is -0.847. The number of nitrogens with zero attached hydrogens (tertiary/aromatic N) is 1. The predicted octanol–water partition coefficient (Wildman–Crippen LogP) is 0.547. The van der Waals surface area contributed by atoms with Gasteiger partial charge in [0.25, 0.3) is 5.56 Å². The van der Waals surface area contributed by atoms with Crippen LogP contribution in [-0.4, -0.2) is 28.2 Å². The normalized spacial score (nSPS) is 12.6. The van der Waals surface area contributed by atoms with E-state index in [1.807, 2.05) is 13.8 Å². The fraction of sp³-hybridized carbons (Fsp3) is 0.500. The number of carboxylic acids is 1. The molecule has 94 valence electrons. The van der Waals surface area contributed by atoms with Crippen molar-refractivity contribution in [2.75, 3.05) is 6.54 Å². The van der Waals surface area contributed by atoms with Gasteiger partial charge in [-0.2, -0.15) is 0 Å². The van der Waals surface area contributed by atoms with Crippen molar-refractivity contribution in [1.29, 1.82) is 0 Å². The molecular weight excluding hydrogens is 220 g/mol. The van der Waals surface area contributed by atoms with Crippen LogP contribution in [-0.2, 0) is 11.3 Å². The molecule has 0 saturated carbocycles. The van der Waals surface area contributed by atoms with Crippen LogP contribution < -0.4 is 10.9 Å². The third-order valence-corrected chi connectivity index (χ3v) is 2.55. The molecule has 2 N–H and O–H groups in total. The SMILES string of the molecule is CC(C)C(NCCn1ccccc1=O)C(=O)O. The first-order valence-corrected chi connectivity index (χ1v) is 5.64. The monoisotopic (exact) mass is 238 g/mol. The van der Waals surface area contributed by atoms with Crippen molar-refractivity contribution in [3.8, 4) is 0 Å². The first-order chi connectivity index (χ1) is 8.02. The van der Waals surface area contributed by atoms with Gasteiger partial charge in [0.15, 0.2) is 0 Å². The Balaban J connectivity index is 2.50. The van der Waals surface area contributed by atoms with Crippen molar-refractivity contribution in [1.82, 2.24) is 9.88 Å². The molecule has 0 saturated heterocycles. The van der Waals surface area contributed by atoms with E-state index in [-0.39, 0.29) is 11.5 Å². The zero-order valence-electron chi connectivity index (χ0n) is 10.1. The lowest BCUT2D eigenvalue weighted by Gasteiger charge is -2.18. The Morgan fingerprint density at radius 3 is 2.71 bits per heavy atom. The van der Waals surface area contributed by atoms with Crippen LogP contribution >= 0.6 is 0 Å². The Kier molecular flexibility index (Phi) is 4.90. The topological polar surface area (TPSA) is 71.3 Å². The van der Waals surface area contributed by atoms with E-state index in [4.69, 9.17) is 5.11 Å². The Hall–Kier alpha value is -1.62. The summed E-state index contributed by atoms with van der Waals surface area (Å²) in [5, 5.41) is 11.9. The van der Waals surface area contributed by atoms with Crippen LogP contribution in [0.1, 0.15) is 13.8 Å². The summed E-state index contributed by atoms with van der Waals surface area (Å²) in [7, 11) is 0. The highest BCUT2D eigenvalue weighted by Crippen LogP contribution is 2.00. The third kappa shape index (κ3) is 4.03. The quantitative estimate of drug-likeness (QED) is 0.759. The minimum absolute atomic E-state index is 0.0139. The van der Waals surface area contributed by atoms with Crippen LogP contribution in [0.5, 0.6) is 0 Å². The summed E-state index contributed by atoms with van der Waals surface area (Å²) in [5.41, 5.74) is -0.0780. The van der Waals surface area contributed by atoms with Crippen LogP contribution in [0, 0.1) is 5.92 Å². The first-order valence-electron chi connectivity index (χ1n) is 5.64. The number of carboxylic acid groups (broad SMARTS) is 1. The fourth-order valence-electron chi connectivity index (χ4n) is 1.59. The number of pyridine rings is 1. The lowest BCUT2D eigenvalue weighted by molar-refractivity contribution is -0.140. The van der Waals surface area contributed by atoms with E-state index in [2.05, 4.69) is 5.32 Å². The molecule has 1 unspecified atom stereocenters. The van der Waals surface area contributed by atoms with Crippen molar-refractivity contribution in [3.63, 3.8) is 0 Å². The molecule has 5 nitrogen and oxygen atoms in total. The highest BCUT2D eigenvalue weighted by Gasteiger charge is 2.19. The van der Waals surface area contributed by atoms with Crippen molar-refractivity contribution >= 4 is 5.97 Å². The third-order valence-electron chi connectivity index (χ3n) is 2.55. The summed E-state index contributed by atoms with van der Waals surface area (Å²) >= 11 is 0. The summed E-state index contributed by atoms with van der Waals surface area (Å²) in [6, 6.07) is 4.37. The number of carbonyl (C=O) groups is 1. The molecule has 0 aliphatic carbocycles. The van der Waals surface area contributed by atoms with Gasteiger partial charge in [-0.1, -0.05) is 19.9 Å². The van der Waals surface area contributed by atoms with Crippen LogP contribution in [0.3, 0.4) is 0 Å². The van der Waals surface area contributed by atoms with E-state index < -0.39 is 12.0 Å². The van der Waals surface area contributed by atoms with Gasteiger partial charge in [-0.25, -0.2) is 0 Å². The molecule has 1 heterocycles. The van der Waals surface area contributed by atoms with E-state index in [9.17, 15) is 9.59 Å². The maximum atomic E-state index is 11.4. The van der Waals surface area contributed by atoms with E-state index >= 15 is 0 Å². The molecule has 5 heteroatoms. The number of aliphatic carboxylic acids is 1. The zero-order chi connectivity index (χ0) is 12.8. The molecule has 0 spiro atoms. The van der Waals surface area contributed by atoms with Gasteiger partial charge in [0.05, 0.1) is 0 Å². The largest absolute Gasteiger partial charge is 0.480 e. The molecule has 17 heavy (non-hydrogen) atoms. The number of hydrogen-bond acceptors (Lipinski definition) is 3. The number of hydrogen-bond donors (Lipinski definition) is 2. The molecule has 1 aromatic rings. The molecule has 1 rings (SSSR count). The Morgan fingerprint density at radius 2 is 2.18 bits per heavy atom. The van der Waals surface area contributed by atoms with Crippen LogP contribution in [0.4, 0.5) is 0 Å². The molecular formula is C12H18N2O3. The second-order valence-corrected chi connectivity index (χ2v) is 4.25. The van der Waals surface area contributed by atoms with Crippen molar-refractivity contribution in [2.45, 2.75) is 26.4 Å². The average molecular weight is 238 g/mol. The lowest BCUT2D eigenvalue weighted by atomic mass is 10.1. The highest BCUT2D eigenvalue weighted by molar-refractivity contribution is 5.73. The van der Waals surface area contributed by atoms with Gasteiger partial charge in [-0.05, 0) is 12.0 Å². The smallest absolute Gasteiger partial charge is 0.320 e. The summed E-state index contributed by atoms with van der Waals surface area (Å²) < 4.78 is 1.55. The molecule has 1 aromatic heterocycles. The minimum atomic E-state index is -0.861. The summed E-state index contributed by atoms with van der Waals surface area (Å²) in [6.07, 6.45) is 1.69. The second-order valence-electron chi connectivity index (χ2n) is 4.25. The minimum Gasteiger partial charge on any atom is -0.480 e. The maximum Gasteiger partial charge on any atom is 0.320 e. The Bertz CT molecular complexity index is 426. The predicted molar refractivity (Wildman–Crippen MR) is 65.0 cm³/mol. The molecule has 1 atom stereocenters. The molecule has 0 aromatic carbocycles. The Labute approximate surface area is 100 Å². The van der Waals surface area contributed by atoms with Crippen LogP contribution in [0.15, 0.2) is 29.2 Å². The molecule has 0 aliphatic heterocycles. The van der Waals surface area contributed by atoms with Gasteiger partial charge in [-0.3, -0.25) is 9.59 Å². The average Bonchev–Trinajstić information content (AvgIpc) is 2.25. The summed E-state index contributed by atoms with van der Waals surface area (Å²) in [6.45, 7) is 4.62. The standard InChI is InChI=1S/C12H18N2O3/c1-9(2)11(12(16)17)13-6-8-14-7-4-3-5-10(14)15/h3-5,7,9,11,13H,6,8H2,1-2H3,(H,16,17). The van der Waals surface area contributed by atoms with Gasteiger partial charge < -0.3 is 15.0 Å². The van der Waals surface area contributed by atoms with Gasteiger partial charge >= 0.3 is 5.97 Å². The highest BCUT2D eigenvalue weighted by atomic mass is 16.4. The van der Waals surface area contributed by atoms with Gasteiger partial charge in [0.1, 0.15) is 6.04 Å². The second kappa shape index (κ2) is 6.20. The maximum absolute atomic E-state index is 11.4. The number of rotatable bonds is 6.